The summed E-state index contributed by atoms with van der Waals surface area (Å²) in [6, 6.07) is 0. The first-order valence-corrected chi connectivity index (χ1v) is 8.01. The molecule has 23 heavy (non-hydrogen) atoms. The summed E-state index contributed by atoms with van der Waals surface area (Å²) in [7, 11) is 0. The van der Waals surface area contributed by atoms with E-state index in [1.54, 1.807) is 13.8 Å². The molecule has 1 amide bonds. The molecular formula is C15H25F2N5O. The van der Waals surface area contributed by atoms with Crippen LogP contribution in [0.3, 0.4) is 0 Å². The second-order valence-electron chi connectivity index (χ2n) is 5.84. The van der Waals surface area contributed by atoms with E-state index in [9.17, 15) is 13.6 Å². The Hall–Kier alpha value is -1.54. The summed E-state index contributed by atoms with van der Waals surface area (Å²) in [5, 5.41) is 9.95. The predicted molar refractivity (Wildman–Crippen MR) is 83.6 cm³/mol. The van der Waals surface area contributed by atoms with Crippen LogP contribution in [-0.2, 0) is 11.2 Å². The summed E-state index contributed by atoms with van der Waals surface area (Å²) in [4.78, 5) is 14.4. The van der Waals surface area contributed by atoms with Crippen LogP contribution >= 0.6 is 0 Å². The zero-order valence-corrected chi connectivity index (χ0v) is 13.7. The number of halogens is 2. The van der Waals surface area contributed by atoms with Gasteiger partial charge in [0.15, 0.2) is 0 Å². The number of aromatic nitrogens is 2. The standard InChI is InChI=1S/C15H25F2N5O/c1-11-13(12(2)22(20-11)15(16)17)10-14(23)19-4-3-7-21-8-5-18-6-9-21/h15,18H,3-10H2,1-2H3,(H,19,23). The summed E-state index contributed by atoms with van der Waals surface area (Å²) in [5.74, 6) is -0.148. The van der Waals surface area contributed by atoms with E-state index in [4.69, 9.17) is 0 Å². The van der Waals surface area contributed by atoms with Gasteiger partial charge in [0.05, 0.1) is 12.1 Å². The molecule has 1 fully saturated rings. The lowest BCUT2D eigenvalue weighted by molar-refractivity contribution is -0.120. The Balaban J connectivity index is 1.74. The normalized spacial score (nSPS) is 16.0. The van der Waals surface area contributed by atoms with Gasteiger partial charge < -0.3 is 15.5 Å². The average Bonchev–Trinajstić information content (AvgIpc) is 2.81. The molecule has 0 atom stereocenters. The zero-order chi connectivity index (χ0) is 16.8. The molecular weight excluding hydrogens is 304 g/mol. The van der Waals surface area contributed by atoms with E-state index in [0.717, 1.165) is 39.1 Å². The molecule has 1 aromatic heterocycles. The van der Waals surface area contributed by atoms with Gasteiger partial charge in [0.25, 0.3) is 0 Å². The van der Waals surface area contributed by atoms with Gasteiger partial charge in [0.1, 0.15) is 0 Å². The van der Waals surface area contributed by atoms with Crippen molar-refractivity contribution in [2.75, 3.05) is 39.3 Å². The minimum Gasteiger partial charge on any atom is -0.356 e. The second-order valence-corrected chi connectivity index (χ2v) is 5.84. The van der Waals surface area contributed by atoms with Crippen molar-refractivity contribution >= 4 is 5.91 Å². The number of carbonyl (C=O) groups excluding carboxylic acids is 1. The van der Waals surface area contributed by atoms with E-state index >= 15 is 0 Å². The van der Waals surface area contributed by atoms with E-state index in [1.165, 1.54) is 0 Å². The fourth-order valence-electron chi connectivity index (χ4n) is 2.83. The molecule has 130 valence electrons. The first-order valence-electron chi connectivity index (χ1n) is 8.01. The van der Waals surface area contributed by atoms with Crippen molar-refractivity contribution in [3.63, 3.8) is 0 Å². The van der Waals surface area contributed by atoms with Gasteiger partial charge in [-0.15, -0.1) is 0 Å². The van der Waals surface area contributed by atoms with Gasteiger partial charge in [0, 0.05) is 44.0 Å². The third-order valence-corrected chi connectivity index (χ3v) is 4.18. The third kappa shape index (κ3) is 4.97. The van der Waals surface area contributed by atoms with E-state index in [1.807, 2.05) is 0 Å². The van der Waals surface area contributed by atoms with Crippen molar-refractivity contribution in [1.29, 1.82) is 0 Å². The number of aryl methyl sites for hydroxylation is 1. The molecule has 1 aliphatic rings. The Kier molecular flexibility index (Phi) is 6.47. The second kappa shape index (κ2) is 8.35. The first kappa shape index (κ1) is 17.8. The number of hydrogen-bond donors (Lipinski definition) is 2. The summed E-state index contributed by atoms with van der Waals surface area (Å²) >= 11 is 0. The highest BCUT2D eigenvalue weighted by Crippen LogP contribution is 2.19. The highest BCUT2D eigenvalue weighted by Gasteiger charge is 2.19. The minimum atomic E-state index is -2.68. The van der Waals surface area contributed by atoms with E-state index in [2.05, 4.69) is 20.6 Å². The minimum absolute atomic E-state index is 0.0953. The van der Waals surface area contributed by atoms with Crippen molar-refractivity contribution in [2.45, 2.75) is 33.2 Å². The van der Waals surface area contributed by atoms with E-state index < -0.39 is 6.55 Å². The fourth-order valence-corrected chi connectivity index (χ4v) is 2.83. The molecule has 2 rings (SSSR count). The van der Waals surface area contributed by atoms with Crippen molar-refractivity contribution in [3.8, 4) is 0 Å². The maximum absolute atomic E-state index is 12.8. The van der Waals surface area contributed by atoms with Crippen molar-refractivity contribution in [3.05, 3.63) is 17.0 Å². The molecule has 0 spiro atoms. The summed E-state index contributed by atoms with van der Waals surface area (Å²) < 4.78 is 26.2. The molecule has 0 bridgehead atoms. The molecule has 0 saturated carbocycles. The van der Waals surface area contributed by atoms with Crippen LogP contribution in [0.25, 0.3) is 0 Å². The Morgan fingerprint density at radius 2 is 2.04 bits per heavy atom. The molecule has 8 heteroatoms. The van der Waals surface area contributed by atoms with Crippen LogP contribution in [-0.4, -0.2) is 59.9 Å². The van der Waals surface area contributed by atoms with Crippen LogP contribution < -0.4 is 10.6 Å². The lowest BCUT2D eigenvalue weighted by Crippen LogP contribution is -2.44. The number of carbonyl (C=O) groups is 1. The molecule has 0 unspecified atom stereocenters. The molecule has 2 N–H and O–H groups in total. The maximum atomic E-state index is 12.8. The van der Waals surface area contributed by atoms with Gasteiger partial charge in [-0.3, -0.25) is 4.79 Å². The van der Waals surface area contributed by atoms with Gasteiger partial charge in [0.2, 0.25) is 5.91 Å². The number of amides is 1. The molecule has 0 radical (unpaired) electrons. The van der Waals surface area contributed by atoms with Gasteiger partial charge >= 0.3 is 6.55 Å². The third-order valence-electron chi connectivity index (χ3n) is 4.18. The van der Waals surface area contributed by atoms with Gasteiger partial charge in [-0.05, 0) is 26.8 Å². The summed E-state index contributed by atoms with van der Waals surface area (Å²) in [6.45, 7) is 6.21. The summed E-state index contributed by atoms with van der Waals surface area (Å²) in [6.07, 6.45) is 0.984. The van der Waals surface area contributed by atoms with Crippen molar-refractivity contribution in [2.24, 2.45) is 0 Å². The Morgan fingerprint density at radius 3 is 2.65 bits per heavy atom. The van der Waals surface area contributed by atoms with Gasteiger partial charge in [-0.1, -0.05) is 0 Å². The van der Waals surface area contributed by atoms with Crippen LogP contribution in [0.1, 0.15) is 29.9 Å². The lowest BCUT2D eigenvalue weighted by atomic mass is 10.1. The smallest absolute Gasteiger partial charge is 0.333 e. The first-order chi connectivity index (χ1) is 11.0. The Labute approximate surface area is 135 Å². The SMILES string of the molecule is Cc1nn(C(F)F)c(C)c1CC(=O)NCCCN1CCNCC1. The lowest BCUT2D eigenvalue weighted by Gasteiger charge is -2.27. The van der Waals surface area contributed by atoms with Crippen LogP contribution in [0.4, 0.5) is 8.78 Å². The average molecular weight is 329 g/mol. The number of rotatable bonds is 7. The molecule has 1 aliphatic heterocycles. The highest BCUT2D eigenvalue weighted by molar-refractivity contribution is 5.79. The van der Waals surface area contributed by atoms with Crippen LogP contribution in [0.5, 0.6) is 0 Å². The van der Waals surface area contributed by atoms with Crippen molar-refractivity contribution < 1.29 is 13.6 Å². The molecule has 1 aromatic rings. The molecule has 0 aliphatic carbocycles. The number of nitrogens with one attached hydrogen (secondary N) is 2. The van der Waals surface area contributed by atoms with Gasteiger partial charge in [-0.2, -0.15) is 13.9 Å². The number of alkyl halides is 2. The van der Waals surface area contributed by atoms with E-state index in [0.29, 0.717) is 28.2 Å². The largest absolute Gasteiger partial charge is 0.356 e. The van der Waals surface area contributed by atoms with Crippen LogP contribution in [0, 0.1) is 13.8 Å². The van der Waals surface area contributed by atoms with Crippen LogP contribution in [0.2, 0.25) is 0 Å². The Morgan fingerprint density at radius 1 is 1.35 bits per heavy atom. The monoisotopic (exact) mass is 329 g/mol. The number of nitrogens with zero attached hydrogens (tertiary/aromatic N) is 3. The summed E-state index contributed by atoms with van der Waals surface area (Å²) in [5.41, 5.74) is 1.43. The van der Waals surface area contributed by atoms with Crippen molar-refractivity contribution in [1.82, 2.24) is 25.3 Å². The predicted octanol–water partition coefficient (Wildman–Crippen LogP) is 0.849. The zero-order valence-electron chi connectivity index (χ0n) is 13.7. The Bertz CT molecular complexity index is 526. The number of hydrogen-bond acceptors (Lipinski definition) is 4. The molecule has 6 nitrogen and oxygen atoms in total. The number of piperazine rings is 1. The molecule has 2 heterocycles. The topological polar surface area (TPSA) is 62.2 Å². The quantitative estimate of drug-likeness (QED) is 0.728. The van der Waals surface area contributed by atoms with Gasteiger partial charge in [-0.25, -0.2) is 4.68 Å². The fraction of sp³-hybridized carbons (Fsp3) is 0.733. The molecule has 0 aromatic carbocycles. The molecule has 1 saturated heterocycles. The van der Waals surface area contributed by atoms with Crippen LogP contribution in [0.15, 0.2) is 0 Å². The maximum Gasteiger partial charge on any atom is 0.333 e. The van der Waals surface area contributed by atoms with E-state index in [-0.39, 0.29) is 12.3 Å². The highest BCUT2D eigenvalue weighted by atomic mass is 19.3.